The topological polar surface area (TPSA) is 50.2 Å². The van der Waals surface area contributed by atoms with Crippen LogP contribution in [-0.2, 0) is 7.05 Å². The summed E-state index contributed by atoms with van der Waals surface area (Å²) in [5, 5.41) is 9.04. The number of ketones is 1. The maximum Gasteiger partial charge on any atom is 0.182 e. The molecule has 1 aliphatic carbocycles. The smallest absolute Gasteiger partial charge is 0.182 e. The van der Waals surface area contributed by atoms with Crippen LogP contribution < -0.4 is 0 Å². The number of Topliss-reactive ketones (excluding diaryl/α,β-unsaturated/α-hetero) is 1. The highest BCUT2D eigenvalue weighted by Gasteiger charge is 2.32. The highest BCUT2D eigenvalue weighted by molar-refractivity contribution is 5.99. The number of imidazole rings is 1. The van der Waals surface area contributed by atoms with Crippen LogP contribution in [0.15, 0.2) is 18.5 Å². The zero-order valence-corrected chi connectivity index (χ0v) is 8.97. The van der Waals surface area contributed by atoms with Crippen LogP contribution in [0.5, 0.6) is 0 Å². The molecule has 1 saturated carbocycles. The van der Waals surface area contributed by atoms with Crippen LogP contribution in [-0.4, -0.2) is 14.8 Å². The van der Waals surface area contributed by atoms with E-state index in [4.69, 9.17) is 5.26 Å². The summed E-state index contributed by atoms with van der Waals surface area (Å²) in [6.07, 6.45) is 5.67. The molecule has 0 aromatic carbocycles. The highest BCUT2D eigenvalue weighted by Crippen LogP contribution is 2.33. The van der Waals surface area contributed by atoms with Crippen molar-refractivity contribution in [1.82, 2.24) is 8.97 Å². The number of carbonyl (C=O) groups is 1. The van der Waals surface area contributed by atoms with Crippen molar-refractivity contribution in [3.63, 3.8) is 0 Å². The minimum Gasteiger partial charge on any atom is -0.335 e. The summed E-state index contributed by atoms with van der Waals surface area (Å²) in [7, 11) is 1.88. The van der Waals surface area contributed by atoms with Gasteiger partial charge in [-0.2, -0.15) is 5.26 Å². The van der Waals surface area contributed by atoms with E-state index < -0.39 is 0 Å². The van der Waals surface area contributed by atoms with Gasteiger partial charge in [0.15, 0.2) is 5.78 Å². The van der Waals surface area contributed by atoms with E-state index in [2.05, 4.69) is 6.07 Å². The van der Waals surface area contributed by atoms with Crippen molar-refractivity contribution in [2.45, 2.75) is 12.8 Å². The molecule has 3 rings (SSSR count). The Balaban J connectivity index is 2.25. The monoisotopic (exact) mass is 213 g/mol. The Morgan fingerprint density at radius 1 is 1.50 bits per heavy atom. The van der Waals surface area contributed by atoms with Gasteiger partial charge in [0.05, 0.1) is 11.3 Å². The zero-order valence-electron chi connectivity index (χ0n) is 8.97. The van der Waals surface area contributed by atoms with E-state index in [1.54, 1.807) is 6.07 Å². The summed E-state index contributed by atoms with van der Waals surface area (Å²) < 4.78 is 3.68. The molecule has 2 aromatic heterocycles. The van der Waals surface area contributed by atoms with E-state index in [0.29, 0.717) is 11.3 Å². The SMILES string of the molecule is Cn1ccn2c(C(=O)C3CC3)cc(C#N)c12. The molecule has 2 aromatic rings. The molecule has 4 heteroatoms. The van der Waals surface area contributed by atoms with Gasteiger partial charge in [0.25, 0.3) is 0 Å². The van der Waals surface area contributed by atoms with Crippen molar-refractivity contribution < 1.29 is 4.79 Å². The number of fused-ring (bicyclic) bond motifs is 1. The normalized spacial score (nSPS) is 15.2. The summed E-state index contributed by atoms with van der Waals surface area (Å²) >= 11 is 0. The van der Waals surface area contributed by atoms with Gasteiger partial charge in [0.1, 0.15) is 11.7 Å². The molecule has 1 fully saturated rings. The molecule has 0 amide bonds. The van der Waals surface area contributed by atoms with Crippen molar-refractivity contribution >= 4 is 11.4 Å². The van der Waals surface area contributed by atoms with Crippen LogP contribution in [0, 0.1) is 17.2 Å². The molecule has 4 nitrogen and oxygen atoms in total. The van der Waals surface area contributed by atoms with Gasteiger partial charge >= 0.3 is 0 Å². The Hall–Kier alpha value is -2.02. The number of aromatic nitrogens is 2. The van der Waals surface area contributed by atoms with Gasteiger partial charge in [-0.3, -0.25) is 9.20 Å². The average Bonchev–Trinajstić information content (AvgIpc) is 2.97. The Morgan fingerprint density at radius 2 is 2.25 bits per heavy atom. The molecule has 0 atom stereocenters. The van der Waals surface area contributed by atoms with Crippen molar-refractivity contribution in [1.29, 1.82) is 5.26 Å². The molecule has 0 saturated heterocycles. The van der Waals surface area contributed by atoms with E-state index >= 15 is 0 Å². The number of nitriles is 1. The quantitative estimate of drug-likeness (QED) is 0.713. The molecular formula is C12H11N3O. The minimum absolute atomic E-state index is 0.169. The van der Waals surface area contributed by atoms with Crippen molar-refractivity contribution in [2.75, 3.05) is 0 Å². The predicted molar refractivity (Wildman–Crippen MR) is 58.1 cm³/mol. The fourth-order valence-electron chi connectivity index (χ4n) is 2.09. The molecule has 0 spiro atoms. The van der Waals surface area contributed by atoms with E-state index in [9.17, 15) is 4.79 Å². The van der Waals surface area contributed by atoms with E-state index in [0.717, 1.165) is 18.5 Å². The number of nitrogens with zero attached hydrogens (tertiary/aromatic N) is 3. The third kappa shape index (κ3) is 1.12. The molecule has 0 radical (unpaired) electrons. The summed E-state index contributed by atoms with van der Waals surface area (Å²) in [6, 6.07) is 3.84. The van der Waals surface area contributed by atoms with Gasteiger partial charge in [-0.05, 0) is 18.9 Å². The first-order chi connectivity index (χ1) is 7.72. The first kappa shape index (κ1) is 9.22. The van der Waals surface area contributed by atoms with Gasteiger partial charge in [-0.1, -0.05) is 0 Å². The lowest BCUT2D eigenvalue weighted by molar-refractivity contribution is 0.0962. The zero-order chi connectivity index (χ0) is 11.3. The first-order valence-electron chi connectivity index (χ1n) is 5.33. The van der Waals surface area contributed by atoms with Gasteiger partial charge in [-0.25, -0.2) is 0 Å². The summed E-state index contributed by atoms with van der Waals surface area (Å²) in [4.78, 5) is 12.0. The third-order valence-corrected chi connectivity index (χ3v) is 3.10. The lowest BCUT2D eigenvalue weighted by atomic mass is 10.2. The molecule has 16 heavy (non-hydrogen) atoms. The first-order valence-corrected chi connectivity index (χ1v) is 5.33. The van der Waals surface area contributed by atoms with Gasteiger partial charge < -0.3 is 4.57 Å². The standard InChI is InChI=1S/C12H11N3O/c1-14-4-5-15-10(11(16)8-2-3-8)6-9(7-13)12(14)15/h4-6,8H,2-3H2,1H3. The van der Waals surface area contributed by atoms with Gasteiger partial charge in [-0.15, -0.1) is 0 Å². The van der Waals surface area contributed by atoms with Crippen LogP contribution in [0.3, 0.4) is 0 Å². The Morgan fingerprint density at radius 3 is 2.88 bits per heavy atom. The van der Waals surface area contributed by atoms with Crippen LogP contribution in [0.1, 0.15) is 28.9 Å². The summed E-state index contributed by atoms with van der Waals surface area (Å²) in [5.41, 5.74) is 2.01. The van der Waals surface area contributed by atoms with Gasteiger partial charge in [0.2, 0.25) is 0 Å². The van der Waals surface area contributed by atoms with Gasteiger partial charge in [0, 0.05) is 25.4 Å². The third-order valence-electron chi connectivity index (χ3n) is 3.10. The van der Waals surface area contributed by atoms with Crippen LogP contribution in [0.4, 0.5) is 0 Å². The number of aryl methyl sites for hydroxylation is 1. The maximum atomic E-state index is 12.0. The Kier molecular flexibility index (Phi) is 1.72. The summed E-state index contributed by atoms with van der Waals surface area (Å²) in [5.74, 6) is 0.354. The van der Waals surface area contributed by atoms with E-state index in [1.807, 2.05) is 28.4 Å². The lowest BCUT2D eigenvalue weighted by Crippen LogP contribution is -2.04. The van der Waals surface area contributed by atoms with E-state index in [1.165, 1.54) is 0 Å². The minimum atomic E-state index is 0.169. The second-order valence-electron chi connectivity index (χ2n) is 4.30. The molecule has 2 heterocycles. The molecule has 0 aliphatic heterocycles. The maximum absolute atomic E-state index is 12.0. The molecular weight excluding hydrogens is 202 g/mol. The van der Waals surface area contributed by atoms with Crippen LogP contribution >= 0.6 is 0 Å². The van der Waals surface area contributed by atoms with E-state index in [-0.39, 0.29) is 11.7 Å². The van der Waals surface area contributed by atoms with Crippen molar-refractivity contribution in [3.8, 4) is 6.07 Å². The molecule has 0 unspecified atom stereocenters. The molecule has 0 N–H and O–H groups in total. The predicted octanol–water partition coefficient (Wildman–Crippen LogP) is 1.74. The second-order valence-corrected chi connectivity index (χ2v) is 4.30. The molecule has 1 aliphatic rings. The van der Waals surface area contributed by atoms with Crippen LogP contribution in [0.2, 0.25) is 0 Å². The fourth-order valence-corrected chi connectivity index (χ4v) is 2.09. The largest absolute Gasteiger partial charge is 0.335 e. The number of carbonyl (C=O) groups excluding carboxylic acids is 1. The number of rotatable bonds is 2. The summed E-state index contributed by atoms with van der Waals surface area (Å²) in [6.45, 7) is 0. The number of hydrogen-bond donors (Lipinski definition) is 0. The fraction of sp³-hybridized carbons (Fsp3) is 0.333. The lowest BCUT2D eigenvalue weighted by Gasteiger charge is -1.96. The molecule has 80 valence electrons. The van der Waals surface area contributed by atoms with Crippen molar-refractivity contribution in [2.24, 2.45) is 13.0 Å². The van der Waals surface area contributed by atoms with Crippen LogP contribution in [0.25, 0.3) is 5.65 Å². The van der Waals surface area contributed by atoms with Crippen molar-refractivity contribution in [3.05, 3.63) is 29.7 Å². The Bertz CT molecular complexity index is 623. The second kappa shape index (κ2) is 2.99. The highest BCUT2D eigenvalue weighted by atomic mass is 16.1. The average molecular weight is 213 g/mol. The Labute approximate surface area is 92.7 Å². The molecule has 0 bridgehead atoms. The number of hydrogen-bond acceptors (Lipinski definition) is 2.